The van der Waals surface area contributed by atoms with E-state index in [2.05, 4.69) is 41.8 Å². The van der Waals surface area contributed by atoms with Crippen LogP contribution in [0.2, 0.25) is 0 Å². The van der Waals surface area contributed by atoms with E-state index in [1.165, 1.54) is 43.4 Å². The van der Waals surface area contributed by atoms with Gasteiger partial charge in [0.25, 0.3) is 0 Å². The maximum Gasteiger partial charge on any atom is 0.0719 e. The highest BCUT2D eigenvalue weighted by Crippen LogP contribution is 2.14. The first-order valence-corrected chi connectivity index (χ1v) is 8.41. The lowest BCUT2D eigenvalue weighted by atomic mass is 9.98. The summed E-state index contributed by atoms with van der Waals surface area (Å²) < 4.78 is 5.55. The summed E-state index contributed by atoms with van der Waals surface area (Å²) in [5, 5.41) is 7.29. The molecular formula is C18H30N2O. The predicted molar refractivity (Wildman–Crippen MR) is 88.3 cm³/mol. The SMILES string of the molecule is CCOCc1ccccc1CNC(C)CC1CCCCN1. The monoisotopic (exact) mass is 290 g/mol. The van der Waals surface area contributed by atoms with E-state index in [1.807, 2.05) is 6.92 Å². The Kier molecular flexibility index (Phi) is 7.20. The molecule has 1 aromatic rings. The van der Waals surface area contributed by atoms with E-state index < -0.39 is 0 Å². The molecule has 2 atom stereocenters. The Bertz CT molecular complexity index is 402. The van der Waals surface area contributed by atoms with Crippen molar-refractivity contribution in [3.05, 3.63) is 35.4 Å². The van der Waals surface area contributed by atoms with Crippen molar-refractivity contribution in [2.24, 2.45) is 0 Å². The molecule has 1 fully saturated rings. The van der Waals surface area contributed by atoms with Crippen LogP contribution in [0.15, 0.2) is 24.3 Å². The van der Waals surface area contributed by atoms with Crippen LogP contribution in [0.25, 0.3) is 0 Å². The second-order valence-corrected chi connectivity index (χ2v) is 6.07. The van der Waals surface area contributed by atoms with Crippen LogP contribution in [0, 0.1) is 0 Å². The number of ether oxygens (including phenoxy) is 1. The van der Waals surface area contributed by atoms with Crippen molar-refractivity contribution in [1.82, 2.24) is 10.6 Å². The van der Waals surface area contributed by atoms with Crippen molar-refractivity contribution < 1.29 is 4.74 Å². The van der Waals surface area contributed by atoms with Crippen molar-refractivity contribution in [3.63, 3.8) is 0 Å². The van der Waals surface area contributed by atoms with Gasteiger partial charge >= 0.3 is 0 Å². The summed E-state index contributed by atoms with van der Waals surface area (Å²) in [6.45, 7) is 7.94. The van der Waals surface area contributed by atoms with Crippen LogP contribution in [-0.2, 0) is 17.9 Å². The first-order chi connectivity index (χ1) is 10.3. The van der Waals surface area contributed by atoms with Crippen LogP contribution in [0.3, 0.4) is 0 Å². The van der Waals surface area contributed by atoms with E-state index in [9.17, 15) is 0 Å². The molecule has 0 aromatic heterocycles. The van der Waals surface area contributed by atoms with Gasteiger partial charge in [-0.25, -0.2) is 0 Å². The van der Waals surface area contributed by atoms with Crippen molar-refractivity contribution in [2.45, 2.75) is 64.8 Å². The predicted octanol–water partition coefficient (Wildman–Crippen LogP) is 3.23. The Hall–Kier alpha value is -0.900. The minimum atomic E-state index is 0.542. The molecule has 1 saturated heterocycles. The van der Waals surface area contributed by atoms with Crippen molar-refractivity contribution >= 4 is 0 Å². The van der Waals surface area contributed by atoms with Gasteiger partial charge in [0.05, 0.1) is 6.61 Å². The number of hydrogen-bond acceptors (Lipinski definition) is 3. The lowest BCUT2D eigenvalue weighted by Gasteiger charge is -2.26. The van der Waals surface area contributed by atoms with Crippen LogP contribution in [-0.4, -0.2) is 25.2 Å². The average Bonchev–Trinajstić information content (AvgIpc) is 2.52. The van der Waals surface area contributed by atoms with Gasteiger partial charge in [0.1, 0.15) is 0 Å². The van der Waals surface area contributed by atoms with Gasteiger partial charge in [-0.2, -0.15) is 0 Å². The first kappa shape index (κ1) is 16.5. The van der Waals surface area contributed by atoms with Crippen LogP contribution in [0.1, 0.15) is 50.7 Å². The molecule has 0 saturated carbocycles. The van der Waals surface area contributed by atoms with Gasteiger partial charge in [-0.3, -0.25) is 0 Å². The van der Waals surface area contributed by atoms with Gasteiger partial charge in [-0.1, -0.05) is 30.7 Å². The Morgan fingerprint density at radius 1 is 1.29 bits per heavy atom. The fraction of sp³-hybridized carbons (Fsp3) is 0.667. The molecule has 21 heavy (non-hydrogen) atoms. The standard InChI is InChI=1S/C18H30N2O/c1-3-21-14-17-9-5-4-8-16(17)13-20-15(2)12-18-10-6-7-11-19-18/h4-5,8-9,15,18-20H,3,6-7,10-14H2,1-2H3. The number of hydrogen-bond donors (Lipinski definition) is 2. The average molecular weight is 290 g/mol. The maximum absolute atomic E-state index is 5.55. The number of piperidine rings is 1. The summed E-state index contributed by atoms with van der Waals surface area (Å²) in [5.74, 6) is 0. The number of rotatable bonds is 8. The topological polar surface area (TPSA) is 33.3 Å². The molecule has 118 valence electrons. The molecule has 1 heterocycles. The highest BCUT2D eigenvalue weighted by molar-refractivity contribution is 5.26. The summed E-state index contributed by atoms with van der Waals surface area (Å²) in [4.78, 5) is 0. The molecule has 2 N–H and O–H groups in total. The zero-order valence-electron chi connectivity index (χ0n) is 13.5. The summed E-state index contributed by atoms with van der Waals surface area (Å²) in [7, 11) is 0. The number of nitrogens with one attached hydrogen (secondary N) is 2. The van der Waals surface area contributed by atoms with E-state index in [0.717, 1.165) is 13.2 Å². The van der Waals surface area contributed by atoms with E-state index in [1.54, 1.807) is 0 Å². The normalized spacial score (nSPS) is 20.4. The van der Waals surface area contributed by atoms with E-state index in [0.29, 0.717) is 18.7 Å². The van der Waals surface area contributed by atoms with Crippen molar-refractivity contribution in [1.29, 1.82) is 0 Å². The molecular weight excluding hydrogens is 260 g/mol. The Labute approximate surface area is 129 Å². The summed E-state index contributed by atoms with van der Waals surface area (Å²) >= 11 is 0. The van der Waals surface area contributed by atoms with Crippen LogP contribution in [0.5, 0.6) is 0 Å². The largest absolute Gasteiger partial charge is 0.377 e. The highest BCUT2D eigenvalue weighted by Gasteiger charge is 2.15. The third-order valence-electron chi connectivity index (χ3n) is 4.27. The lowest BCUT2D eigenvalue weighted by Crippen LogP contribution is -2.39. The summed E-state index contributed by atoms with van der Waals surface area (Å²) in [6, 6.07) is 9.81. The third-order valence-corrected chi connectivity index (χ3v) is 4.27. The molecule has 1 aromatic carbocycles. The molecule has 1 aliphatic rings. The smallest absolute Gasteiger partial charge is 0.0719 e. The Morgan fingerprint density at radius 2 is 2.10 bits per heavy atom. The van der Waals surface area contributed by atoms with Crippen molar-refractivity contribution in [2.75, 3.05) is 13.2 Å². The molecule has 0 radical (unpaired) electrons. The third kappa shape index (κ3) is 5.77. The minimum Gasteiger partial charge on any atom is -0.377 e. The van der Waals surface area contributed by atoms with Crippen LogP contribution in [0.4, 0.5) is 0 Å². The fourth-order valence-electron chi connectivity index (χ4n) is 3.00. The zero-order valence-corrected chi connectivity index (χ0v) is 13.5. The van der Waals surface area contributed by atoms with Gasteiger partial charge in [0.15, 0.2) is 0 Å². The summed E-state index contributed by atoms with van der Waals surface area (Å²) in [5.41, 5.74) is 2.66. The minimum absolute atomic E-state index is 0.542. The maximum atomic E-state index is 5.55. The molecule has 0 amide bonds. The number of benzene rings is 1. The molecule has 3 heteroatoms. The van der Waals surface area contributed by atoms with E-state index >= 15 is 0 Å². The van der Waals surface area contributed by atoms with Gasteiger partial charge in [0, 0.05) is 25.2 Å². The fourth-order valence-corrected chi connectivity index (χ4v) is 3.00. The lowest BCUT2D eigenvalue weighted by molar-refractivity contribution is 0.133. The molecule has 3 nitrogen and oxygen atoms in total. The molecule has 1 aliphatic heterocycles. The molecule has 0 spiro atoms. The van der Waals surface area contributed by atoms with Crippen LogP contribution < -0.4 is 10.6 Å². The first-order valence-electron chi connectivity index (χ1n) is 8.41. The molecule has 0 bridgehead atoms. The molecule has 2 unspecified atom stereocenters. The van der Waals surface area contributed by atoms with Gasteiger partial charge in [0.2, 0.25) is 0 Å². The van der Waals surface area contributed by atoms with Crippen molar-refractivity contribution in [3.8, 4) is 0 Å². The second kappa shape index (κ2) is 9.19. The Balaban J connectivity index is 1.78. The molecule has 0 aliphatic carbocycles. The quantitative estimate of drug-likeness (QED) is 0.771. The molecule has 2 rings (SSSR count). The second-order valence-electron chi connectivity index (χ2n) is 6.07. The summed E-state index contributed by atoms with van der Waals surface area (Å²) in [6.07, 6.45) is 5.26. The van der Waals surface area contributed by atoms with E-state index in [-0.39, 0.29) is 0 Å². The van der Waals surface area contributed by atoms with Crippen LogP contribution >= 0.6 is 0 Å². The highest BCUT2D eigenvalue weighted by atomic mass is 16.5. The van der Waals surface area contributed by atoms with Gasteiger partial charge < -0.3 is 15.4 Å². The van der Waals surface area contributed by atoms with Gasteiger partial charge in [-0.05, 0) is 50.8 Å². The van der Waals surface area contributed by atoms with Gasteiger partial charge in [-0.15, -0.1) is 0 Å². The van der Waals surface area contributed by atoms with E-state index in [4.69, 9.17) is 4.74 Å². The zero-order chi connectivity index (χ0) is 14.9. The Morgan fingerprint density at radius 3 is 2.81 bits per heavy atom.